The standard InChI is InChI=1S/C18H36N4O.HI/c1-14-11-22(12-15(2)23-14)18(3,4)13-20-17(19)21-16-9-7-5-6-8-10-16;/h14-16H,5-13H2,1-4H3,(H3,19,20,21);1H. The highest BCUT2D eigenvalue weighted by atomic mass is 127. The van der Waals surface area contributed by atoms with E-state index in [1.807, 2.05) is 0 Å². The number of nitrogens with zero attached hydrogens (tertiary/aromatic N) is 2. The number of hydrogen-bond acceptors (Lipinski definition) is 3. The predicted octanol–water partition coefficient (Wildman–Crippen LogP) is 3.12. The molecule has 1 aliphatic carbocycles. The average molecular weight is 452 g/mol. The normalized spacial score (nSPS) is 28.1. The summed E-state index contributed by atoms with van der Waals surface area (Å²) in [5.41, 5.74) is 6.14. The lowest BCUT2D eigenvalue weighted by Crippen LogP contribution is -2.56. The van der Waals surface area contributed by atoms with Gasteiger partial charge in [-0.3, -0.25) is 9.89 Å². The first-order chi connectivity index (χ1) is 10.9. The first-order valence-electron chi connectivity index (χ1n) is 9.34. The summed E-state index contributed by atoms with van der Waals surface area (Å²) < 4.78 is 5.83. The van der Waals surface area contributed by atoms with Crippen molar-refractivity contribution in [3.05, 3.63) is 0 Å². The third kappa shape index (κ3) is 7.04. The van der Waals surface area contributed by atoms with Gasteiger partial charge in [-0.25, -0.2) is 0 Å². The van der Waals surface area contributed by atoms with Crippen LogP contribution in [0.25, 0.3) is 0 Å². The van der Waals surface area contributed by atoms with Gasteiger partial charge in [0.2, 0.25) is 0 Å². The van der Waals surface area contributed by atoms with E-state index in [2.05, 4.69) is 42.9 Å². The van der Waals surface area contributed by atoms with Gasteiger partial charge in [-0.1, -0.05) is 25.7 Å². The molecule has 1 aliphatic heterocycles. The van der Waals surface area contributed by atoms with Crippen LogP contribution in [0, 0.1) is 0 Å². The third-order valence-corrected chi connectivity index (χ3v) is 5.12. The van der Waals surface area contributed by atoms with Crippen molar-refractivity contribution in [3.63, 3.8) is 0 Å². The minimum Gasteiger partial charge on any atom is -0.373 e. The second kappa shape index (κ2) is 10.2. The Morgan fingerprint density at radius 3 is 2.21 bits per heavy atom. The molecule has 2 fully saturated rings. The number of nitrogens with one attached hydrogen (secondary N) is 1. The van der Waals surface area contributed by atoms with Crippen molar-refractivity contribution < 1.29 is 4.74 Å². The summed E-state index contributed by atoms with van der Waals surface area (Å²) in [6.07, 6.45) is 8.33. The molecule has 6 heteroatoms. The van der Waals surface area contributed by atoms with E-state index in [-0.39, 0.29) is 41.7 Å². The lowest BCUT2D eigenvalue weighted by molar-refractivity contribution is -0.0939. The molecule has 1 heterocycles. The fourth-order valence-electron chi connectivity index (χ4n) is 3.73. The van der Waals surface area contributed by atoms with Gasteiger partial charge >= 0.3 is 0 Å². The second-order valence-corrected chi connectivity index (χ2v) is 8.01. The Hall–Kier alpha value is -0.0800. The van der Waals surface area contributed by atoms with Crippen LogP contribution in [0.3, 0.4) is 0 Å². The zero-order valence-electron chi connectivity index (χ0n) is 15.9. The van der Waals surface area contributed by atoms with Crippen molar-refractivity contribution in [2.75, 3.05) is 19.6 Å². The van der Waals surface area contributed by atoms with E-state index >= 15 is 0 Å². The Balaban J connectivity index is 0.00000288. The van der Waals surface area contributed by atoms with Gasteiger partial charge in [-0.2, -0.15) is 0 Å². The summed E-state index contributed by atoms with van der Waals surface area (Å²) in [5.74, 6) is 0.610. The molecule has 1 saturated heterocycles. The Labute approximate surface area is 165 Å². The van der Waals surface area contributed by atoms with E-state index in [1.54, 1.807) is 0 Å². The molecule has 0 radical (unpaired) electrons. The highest BCUT2D eigenvalue weighted by Crippen LogP contribution is 2.21. The van der Waals surface area contributed by atoms with Crippen molar-refractivity contribution in [1.29, 1.82) is 0 Å². The number of hydrogen-bond donors (Lipinski definition) is 2. The Kier molecular flexibility index (Phi) is 9.30. The molecule has 0 aromatic rings. The van der Waals surface area contributed by atoms with E-state index in [4.69, 9.17) is 10.5 Å². The van der Waals surface area contributed by atoms with Crippen LogP contribution in [-0.4, -0.2) is 54.3 Å². The van der Waals surface area contributed by atoms with Crippen molar-refractivity contribution in [2.45, 2.75) is 90.0 Å². The van der Waals surface area contributed by atoms with Crippen LogP contribution in [-0.2, 0) is 4.74 Å². The summed E-state index contributed by atoms with van der Waals surface area (Å²) >= 11 is 0. The number of nitrogens with two attached hydrogens (primary N) is 1. The van der Waals surface area contributed by atoms with Crippen molar-refractivity contribution in [3.8, 4) is 0 Å². The molecule has 3 N–H and O–H groups in total. The minimum absolute atomic E-state index is 0. The SMILES string of the molecule is CC1CN(C(C)(C)CN=C(N)NC2CCCCCC2)CC(C)O1.I. The molecule has 24 heavy (non-hydrogen) atoms. The number of ether oxygens (including phenoxy) is 1. The summed E-state index contributed by atoms with van der Waals surface area (Å²) in [4.78, 5) is 7.13. The molecular weight excluding hydrogens is 415 g/mol. The zero-order chi connectivity index (χ0) is 16.9. The van der Waals surface area contributed by atoms with Crippen LogP contribution < -0.4 is 11.1 Å². The zero-order valence-corrected chi connectivity index (χ0v) is 18.2. The predicted molar refractivity (Wildman–Crippen MR) is 112 cm³/mol. The lowest BCUT2D eigenvalue weighted by atomic mass is 10.0. The van der Waals surface area contributed by atoms with Crippen molar-refractivity contribution in [2.24, 2.45) is 10.7 Å². The summed E-state index contributed by atoms with van der Waals surface area (Å²) in [6.45, 7) is 11.4. The molecule has 0 amide bonds. The molecule has 0 bridgehead atoms. The monoisotopic (exact) mass is 452 g/mol. The molecular formula is C18H37IN4O. The molecule has 142 valence electrons. The van der Waals surface area contributed by atoms with Gasteiger partial charge in [0.1, 0.15) is 0 Å². The van der Waals surface area contributed by atoms with E-state index < -0.39 is 0 Å². The van der Waals surface area contributed by atoms with E-state index in [0.29, 0.717) is 12.0 Å². The Morgan fingerprint density at radius 2 is 1.67 bits per heavy atom. The molecule has 1 saturated carbocycles. The molecule has 2 atom stereocenters. The number of rotatable bonds is 4. The number of morpholine rings is 1. The highest BCUT2D eigenvalue weighted by molar-refractivity contribution is 14.0. The van der Waals surface area contributed by atoms with E-state index in [0.717, 1.165) is 19.6 Å². The topological polar surface area (TPSA) is 62.9 Å². The lowest BCUT2D eigenvalue weighted by Gasteiger charge is -2.44. The van der Waals surface area contributed by atoms with E-state index in [1.165, 1.54) is 38.5 Å². The fourth-order valence-corrected chi connectivity index (χ4v) is 3.73. The molecule has 5 nitrogen and oxygen atoms in total. The van der Waals surface area contributed by atoms with Crippen molar-refractivity contribution >= 4 is 29.9 Å². The molecule has 2 aliphatic rings. The molecule has 0 aromatic heterocycles. The number of guanidine groups is 1. The maximum absolute atomic E-state index is 6.14. The van der Waals surface area contributed by atoms with Crippen LogP contribution in [0.2, 0.25) is 0 Å². The van der Waals surface area contributed by atoms with Crippen LogP contribution >= 0.6 is 24.0 Å². The Bertz CT molecular complexity index is 384. The number of aliphatic imine (C=N–C) groups is 1. The first-order valence-corrected chi connectivity index (χ1v) is 9.34. The second-order valence-electron chi connectivity index (χ2n) is 8.01. The smallest absolute Gasteiger partial charge is 0.188 e. The van der Waals surface area contributed by atoms with Gasteiger partial charge in [-0.05, 0) is 40.5 Å². The van der Waals surface area contributed by atoms with Gasteiger partial charge in [0.25, 0.3) is 0 Å². The van der Waals surface area contributed by atoms with Crippen molar-refractivity contribution in [1.82, 2.24) is 10.2 Å². The summed E-state index contributed by atoms with van der Waals surface area (Å²) in [5, 5.41) is 3.44. The van der Waals surface area contributed by atoms with Crippen LogP contribution in [0.4, 0.5) is 0 Å². The van der Waals surface area contributed by atoms with Gasteiger partial charge in [-0.15, -0.1) is 24.0 Å². The van der Waals surface area contributed by atoms with Gasteiger partial charge < -0.3 is 15.8 Å². The average Bonchev–Trinajstić information content (AvgIpc) is 2.73. The highest BCUT2D eigenvalue weighted by Gasteiger charge is 2.33. The van der Waals surface area contributed by atoms with Crippen LogP contribution in [0.5, 0.6) is 0 Å². The molecule has 2 unspecified atom stereocenters. The van der Waals surface area contributed by atoms with Crippen LogP contribution in [0.15, 0.2) is 4.99 Å². The van der Waals surface area contributed by atoms with E-state index in [9.17, 15) is 0 Å². The maximum atomic E-state index is 6.14. The van der Waals surface area contributed by atoms with Gasteiger partial charge in [0, 0.05) is 24.7 Å². The molecule has 2 rings (SSSR count). The molecule has 0 spiro atoms. The number of halogens is 1. The van der Waals surface area contributed by atoms with Gasteiger partial charge in [0.05, 0.1) is 18.8 Å². The Morgan fingerprint density at radius 1 is 1.12 bits per heavy atom. The largest absolute Gasteiger partial charge is 0.373 e. The minimum atomic E-state index is 0. The molecule has 0 aromatic carbocycles. The fraction of sp³-hybridized carbons (Fsp3) is 0.944. The summed E-state index contributed by atoms with van der Waals surface area (Å²) in [6, 6.07) is 0.507. The first kappa shape index (κ1) is 22.0. The third-order valence-electron chi connectivity index (χ3n) is 5.12. The van der Waals surface area contributed by atoms with Crippen LogP contribution in [0.1, 0.15) is 66.2 Å². The quantitative estimate of drug-likeness (QED) is 0.298. The summed E-state index contributed by atoms with van der Waals surface area (Å²) in [7, 11) is 0. The van der Waals surface area contributed by atoms with Gasteiger partial charge in [0.15, 0.2) is 5.96 Å². The maximum Gasteiger partial charge on any atom is 0.188 e.